The molecule has 1 aromatic carbocycles. The summed E-state index contributed by atoms with van der Waals surface area (Å²) in [5.41, 5.74) is 0.592. The van der Waals surface area contributed by atoms with E-state index in [-0.39, 0.29) is 21.1 Å². The van der Waals surface area contributed by atoms with Crippen molar-refractivity contribution in [2.45, 2.75) is 18.7 Å². The molecule has 1 aliphatic heterocycles. The summed E-state index contributed by atoms with van der Waals surface area (Å²) in [6.07, 6.45) is 0. The molecule has 0 saturated heterocycles. The summed E-state index contributed by atoms with van der Waals surface area (Å²) in [7, 11) is -3.44. The minimum atomic E-state index is -3.44. The molecule has 4 heteroatoms. The molecule has 2 rings (SSSR count). The molecule has 0 N–H and O–H groups in total. The number of fused-ring (bicyclic) bond motifs is 1. The SMILES string of the molecule is CC1=C(C)S(=O)(=O)c2ccccc2C1=O. The monoisotopic (exact) mass is 222 g/mol. The normalized spacial score (nSPS) is 18.9. The number of hydrogen-bond acceptors (Lipinski definition) is 3. The molecule has 1 aliphatic rings. The van der Waals surface area contributed by atoms with Crippen LogP contribution in [0.15, 0.2) is 39.6 Å². The average Bonchev–Trinajstić information content (AvgIpc) is 2.24. The zero-order valence-corrected chi connectivity index (χ0v) is 9.26. The average molecular weight is 222 g/mol. The zero-order chi connectivity index (χ0) is 11.2. The van der Waals surface area contributed by atoms with Crippen LogP contribution in [0, 0.1) is 0 Å². The van der Waals surface area contributed by atoms with E-state index >= 15 is 0 Å². The second-order valence-electron chi connectivity index (χ2n) is 3.51. The standard InChI is InChI=1S/C11H10O3S/c1-7-8(2)15(13,14)10-6-4-3-5-9(10)11(7)12/h3-6H,1-2H3. The molecule has 0 unspecified atom stereocenters. The van der Waals surface area contributed by atoms with Gasteiger partial charge in [-0.15, -0.1) is 0 Å². The zero-order valence-electron chi connectivity index (χ0n) is 8.44. The minimum absolute atomic E-state index is 0.123. The van der Waals surface area contributed by atoms with Crippen molar-refractivity contribution in [1.29, 1.82) is 0 Å². The Kier molecular flexibility index (Phi) is 2.04. The van der Waals surface area contributed by atoms with Crippen LogP contribution >= 0.6 is 0 Å². The van der Waals surface area contributed by atoms with Crippen molar-refractivity contribution in [3.05, 3.63) is 40.3 Å². The van der Waals surface area contributed by atoms with Crippen molar-refractivity contribution in [1.82, 2.24) is 0 Å². The molecule has 0 aromatic heterocycles. The molecule has 0 atom stereocenters. The Balaban J connectivity index is 2.90. The molecule has 0 fully saturated rings. The first kappa shape index (κ1) is 10.1. The highest BCUT2D eigenvalue weighted by molar-refractivity contribution is 7.95. The van der Waals surface area contributed by atoms with Crippen LogP contribution in [0.4, 0.5) is 0 Å². The van der Waals surface area contributed by atoms with E-state index in [0.717, 1.165) is 0 Å². The Morgan fingerprint density at radius 1 is 1.07 bits per heavy atom. The van der Waals surface area contributed by atoms with Crippen LogP contribution in [0.2, 0.25) is 0 Å². The van der Waals surface area contributed by atoms with Crippen molar-refractivity contribution in [2.24, 2.45) is 0 Å². The third kappa shape index (κ3) is 1.25. The first-order valence-corrected chi connectivity index (χ1v) is 6.01. The lowest BCUT2D eigenvalue weighted by Crippen LogP contribution is -2.19. The topological polar surface area (TPSA) is 51.2 Å². The Bertz CT molecular complexity index is 580. The lowest BCUT2D eigenvalue weighted by molar-refractivity contribution is 0.102. The van der Waals surface area contributed by atoms with Gasteiger partial charge in [-0.1, -0.05) is 12.1 Å². The maximum atomic E-state index is 11.9. The summed E-state index contributed by atoms with van der Waals surface area (Å²) in [5, 5.41) is 0. The first-order chi connectivity index (χ1) is 6.96. The van der Waals surface area contributed by atoms with Gasteiger partial charge in [-0.2, -0.15) is 0 Å². The third-order valence-corrected chi connectivity index (χ3v) is 4.74. The van der Waals surface area contributed by atoms with Gasteiger partial charge in [0.05, 0.1) is 9.80 Å². The highest BCUT2D eigenvalue weighted by Gasteiger charge is 2.31. The van der Waals surface area contributed by atoms with Gasteiger partial charge in [0.15, 0.2) is 5.78 Å². The summed E-state index contributed by atoms with van der Waals surface area (Å²) in [6, 6.07) is 6.31. The second kappa shape index (κ2) is 3.03. The number of sulfone groups is 1. The van der Waals surface area contributed by atoms with E-state index in [1.165, 1.54) is 13.0 Å². The van der Waals surface area contributed by atoms with Gasteiger partial charge in [-0.25, -0.2) is 8.42 Å². The maximum absolute atomic E-state index is 11.9. The molecule has 3 nitrogen and oxygen atoms in total. The molecule has 1 aromatic rings. The van der Waals surface area contributed by atoms with Crippen LogP contribution in [0.25, 0.3) is 0 Å². The predicted octanol–water partition coefficient (Wildman–Crippen LogP) is 1.95. The number of benzene rings is 1. The summed E-state index contributed by atoms with van der Waals surface area (Å²) in [4.78, 5) is 12.1. The molecule has 0 radical (unpaired) electrons. The maximum Gasteiger partial charge on any atom is 0.203 e. The van der Waals surface area contributed by atoms with Crippen molar-refractivity contribution >= 4 is 15.6 Å². The summed E-state index contributed by atoms with van der Waals surface area (Å²) in [6.45, 7) is 3.02. The number of carbonyl (C=O) groups excluding carboxylic acids is 1. The highest BCUT2D eigenvalue weighted by Crippen LogP contribution is 2.31. The van der Waals surface area contributed by atoms with Crippen molar-refractivity contribution in [2.75, 3.05) is 0 Å². The van der Waals surface area contributed by atoms with E-state index in [1.54, 1.807) is 25.1 Å². The Hall–Kier alpha value is -1.42. The molecule has 0 bridgehead atoms. The van der Waals surface area contributed by atoms with E-state index in [9.17, 15) is 13.2 Å². The minimum Gasteiger partial charge on any atom is -0.289 e. The summed E-state index contributed by atoms with van der Waals surface area (Å²) < 4.78 is 23.9. The molecule has 78 valence electrons. The molecule has 0 spiro atoms. The van der Waals surface area contributed by atoms with Crippen molar-refractivity contribution < 1.29 is 13.2 Å². The van der Waals surface area contributed by atoms with Gasteiger partial charge in [0, 0.05) is 11.1 Å². The van der Waals surface area contributed by atoms with E-state index in [2.05, 4.69) is 0 Å². The van der Waals surface area contributed by atoms with Gasteiger partial charge in [0.2, 0.25) is 9.84 Å². The van der Waals surface area contributed by atoms with Crippen LogP contribution in [0.1, 0.15) is 24.2 Å². The molecule has 0 saturated carbocycles. The number of rotatable bonds is 0. The first-order valence-electron chi connectivity index (χ1n) is 4.52. The number of carbonyl (C=O) groups is 1. The molecular formula is C11H10O3S. The molecule has 15 heavy (non-hydrogen) atoms. The largest absolute Gasteiger partial charge is 0.289 e. The number of allylic oxidation sites excluding steroid dienone is 2. The molecule has 0 amide bonds. The Morgan fingerprint density at radius 2 is 1.67 bits per heavy atom. The molecule has 1 heterocycles. The van der Waals surface area contributed by atoms with Gasteiger partial charge in [-0.05, 0) is 26.0 Å². The highest BCUT2D eigenvalue weighted by atomic mass is 32.2. The fraction of sp³-hybridized carbons (Fsp3) is 0.182. The number of hydrogen-bond donors (Lipinski definition) is 0. The van der Waals surface area contributed by atoms with E-state index < -0.39 is 9.84 Å². The van der Waals surface area contributed by atoms with Crippen LogP contribution in [0.5, 0.6) is 0 Å². The van der Waals surface area contributed by atoms with Crippen molar-refractivity contribution in [3.8, 4) is 0 Å². The van der Waals surface area contributed by atoms with Gasteiger partial charge in [0.25, 0.3) is 0 Å². The second-order valence-corrected chi connectivity index (χ2v) is 5.57. The van der Waals surface area contributed by atoms with Crippen molar-refractivity contribution in [3.63, 3.8) is 0 Å². The third-order valence-electron chi connectivity index (χ3n) is 2.69. The Morgan fingerprint density at radius 3 is 2.33 bits per heavy atom. The lowest BCUT2D eigenvalue weighted by Gasteiger charge is -2.17. The fourth-order valence-corrected chi connectivity index (χ4v) is 3.15. The fourth-order valence-electron chi connectivity index (χ4n) is 1.62. The quantitative estimate of drug-likeness (QED) is 0.674. The molecular weight excluding hydrogens is 212 g/mol. The summed E-state index contributed by atoms with van der Waals surface area (Å²) >= 11 is 0. The van der Waals surface area contributed by atoms with Crippen LogP contribution < -0.4 is 0 Å². The van der Waals surface area contributed by atoms with Gasteiger partial charge in [0.1, 0.15) is 0 Å². The van der Waals surface area contributed by atoms with Crippen LogP contribution in [-0.4, -0.2) is 14.2 Å². The van der Waals surface area contributed by atoms with E-state index in [1.807, 2.05) is 0 Å². The van der Waals surface area contributed by atoms with Crippen LogP contribution in [0.3, 0.4) is 0 Å². The summed E-state index contributed by atoms with van der Waals surface area (Å²) in [5.74, 6) is -0.196. The van der Waals surface area contributed by atoms with E-state index in [0.29, 0.717) is 5.57 Å². The van der Waals surface area contributed by atoms with Gasteiger partial charge in [-0.3, -0.25) is 4.79 Å². The van der Waals surface area contributed by atoms with Gasteiger partial charge < -0.3 is 0 Å². The van der Waals surface area contributed by atoms with Crippen LogP contribution in [-0.2, 0) is 9.84 Å². The lowest BCUT2D eigenvalue weighted by atomic mass is 10.0. The smallest absolute Gasteiger partial charge is 0.203 e. The van der Waals surface area contributed by atoms with Gasteiger partial charge >= 0.3 is 0 Å². The molecule has 0 aliphatic carbocycles. The number of Topliss-reactive ketones (excluding diaryl/α,β-unsaturated/α-hetero) is 1. The van der Waals surface area contributed by atoms with E-state index in [4.69, 9.17) is 0 Å². The predicted molar refractivity (Wildman–Crippen MR) is 56.3 cm³/mol. The number of ketones is 1. The Labute approximate surface area is 88.3 Å².